The van der Waals surface area contributed by atoms with E-state index in [9.17, 15) is 26.8 Å². The number of carbonyl (C=O) groups is 2. The first-order valence-electron chi connectivity index (χ1n) is 19.9. The summed E-state index contributed by atoms with van der Waals surface area (Å²) in [4.78, 5) is 27.3. The van der Waals surface area contributed by atoms with Gasteiger partial charge in [-0.3, -0.25) is 4.21 Å². The Morgan fingerprint density at radius 2 is 1.34 bits per heavy atom. The van der Waals surface area contributed by atoms with Gasteiger partial charge in [0.25, 0.3) is 0 Å². The molecule has 62 heavy (non-hydrogen) atoms. The van der Waals surface area contributed by atoms with E-state index in [1.165, 1.54) is 45.4 Å². The Bertz CT molecular complexity index is 2420. The van der Waals surface area contributed by atoms with Gasteiger partial charge < -0.3 is 24.7 Å². The van der Waals surface area contributed by atoms with Gasteiger partial charge >= 0.3 is 41.7 Å². The molecule has 0 saturated heterocycles. The number of nitrogens with zero attached hydrogens (tertiary/aromatic N) is 2. The molecule has 4 aromatic carbocycles. The van der Waals surface area contributed by atoms with Crippen LogP contribution in [0.4, 0.5) is 15.3 Å². The number of carbonyl (C=O) groups excluding carboxylic acids is 2. The minimum absolute atomic E-state index is 0. The van der Waals surface area contributed by atoms with Crippen LogP contribution in [0.1, 0.15) is 107 Å². The molecule has 324 valence electrons. The molecule has 0 fully saturated rings. The molecule has 3 atom stereocenters. The second-order valence-corrected chi connectivity index (χ2v) is 20.8. The first kappa shape index (κ1) is 52.5. The Morgan fingerprint density at radius 1 is 0.823 bits per heavy atom. The summed E-state index contributed by atoms with van der Waals surface area (Å²) in [7, 11) is -3.71. The van der Waals surface area contributed by atoms with Gasteiger partial charge in [-0.25, -0.2) is 22.9 Å². The summed E-state index contributed by atoms with van der Waals surface area (Å²) in [5, 5.41) is 14.8. The summed E-state index contributed by atoms with van der Waals surface area (Å²) in [5.41, 5.74) is 4.50. The summed E-state index contributed by atoms with van der Waals surface area (Å²) in [6, 6.07) is 25.7. The van der Waals surface area contributed by atoms with Crippen LogP contribution in [-0.2, 0) is 43.2 Å². The van der Waals surface area contributed by atoms with Crippen LogP contribution in [0.2, 0.25) is 0 Å². The van der Waals surface area contributed by atoms with Crippen molar-refractivity contribution in [3.63, 3.8) is 0 Å². The number of aryl methyl sites for hydroxylation is 2. The van der Waals surface area contributed by atoms with Crippen LogP contribution in [0.3, 0.4) is 0 Å². The molecule has 2 aliphatic carbocycles. The zero-order valence-corrected chi connectivity index (χ0v) is 42.0. The molecule has 0 radical (unpaired) electrons. The molecule has 12 nitrogen and oxygen atoms in total. The van der Waals surface area contributed by atoms with Gasteiger partial charge in [0.1, 0.15) is 11.2 Å². The van der Waals surface area contributed by atoms with Gasteiger partial charge in [0.2, 0.25) is 9.84 Å². The molecule has 2 N–H and O–H groups in total. The number of nitriles is 1. The summed E-state index contributed by atoms with van der Waals surface area (Å²) < 4.78 is 58.7. The summed E-state index contributed by atoms with van der Waals surface area (Å²) in [5.74, 6) is 0.517. The maximum atomic E-state index is 13.0. The van der Waals surface area contributed by atoms with Crippen molar-refractivity contribution in [2.75, 3.05) is 13.1 Å². The number of amides is 2. The van der Waals surface area contributed by atoms with Crippen LogP contribution in [0, 0.1) is 21.5 Å². The number of hydrogen-bond acceptors (Lipinski definition) is 9. The predicted molar refractivity (Wildman–Crippen MR) is 242 cm³/mol. The SMILES string of the molecule is CC(C)(C)OC(=O)NC[C@@H]1CCCc2cc(I)ccc21.CC(C)(C)OC(=O)NC[C@@H]1CCCc2cc(S(=O)(=O)c3cccc(C#N)c3)ccc21.[C-]#[N+]c1cccc(S(=O)[O-])c1.[Na+]. The van der Waals surface area contributed by atoms with E-state index >= 15 is 0 Å². The number of rotatable bonds is 7. The van der Waals surface area contributed by atoms with E-state index < -0.39 is 38.2 Å². The van der Waals surface area contributed by atoms with Crippen molar-refractivity contribution in [3.05, 3.63) is 128 Å². The third-order valence-electron chi connectivity index (χ3n) is 9.60. The van der Waals surface area contributed by atoms with Crippen molar-refractivity contribution >= 4 is 61.4 Å². The van der Waals surface area contributed by atoms with Crippen molar-refractivity contribution in [1.29, 1.82) is 5.26 Å². The normalized spacial score (nSPS) is 15.9. The van der Waals surface area contributed by atoms with Gasteiger partial charge in [-0.2, -0.15) is 5.26 Å². The summed E-state index contributed by atoms with van der Waals surface area (Å²) >= 11 is 0.116. The van der Waals surface area contributed by atoms with Crippen molar-refractivity contribution in [2.24, 2.45) is 0 Å². The smallest absolute Gasteiger partial charge is 0.768 e. The van der Waals surface area contributed by atoms with Crippen molar-refractivity contribution in [2.45, 2.75) is 118 Å². The molecule has 0 aliphatic heterocycles. The van der Waals surface area contributed by atoms with Crippen LogP contribution in [0.15, 0.2) is 99.6 Å². The molecule has 16 heteroatoms. The number of ether oxygens (including phenoxy) is 2. The first-order valence-corrected chi connectivity index (χ1v) is 23.5. The number of benzene rings is 4. The summed E-state index contributed by atoms with van der Waals surface area (Å²) in [6.45, 7) is 18.8. The number of nitrogens with one attached hydrogen (secondary N) is 2. The molecule has 2 aliphatic rings. The Hall–Kier alpha value is -3.81. The van der Waals surface area contributed by atoms with Gasteiger partial charge in [-0.1, -0.05) is 30.3 Å². The van der Waals surface area contributed by atoms with Crippen LogP contribution in [0.25, 0.3) is 4.85 Å². The van der Waals surface area contributed by atoms with Gasteiger partial charge in [0.15, 0.2) is 5.69 Å². The van der Waals surface area contributed by atoms with Crippen LogP contribution < -0.4 is 40.2 Å². The minimum atomic E-state index is -3.71. The average Bonchev–Trinajstić information content (AvgIpc) is 3.21. The molecule has 0 spiro atoms. The largest absolute Gasteiger partial charge is 1.00 e. The molecule has 4 aromatic rings. The van der Waals surface area contributed by atoms with Crippen molar-refractivity contribution < 1.29 is 65.8 Å². The van der Waals surface area contributed by atoms with Crippen LogP contribution in [-0.4, -0.2) is 53.7 Å². The maximum absolute atomic E-state index is 13.0. The van der Waals surface area contributed by atoms with Gasteiger partial charge in [0.05, 0.1) is 28.0 Å². The van der Waals surface area contributed by atoms with Crippen molar-refractivity contribution in [3.8, 4) is 6.07 Å². The topological polar surface area (TPSA) is 179 Å². The molecule has 0 heterocycles. The Kier molecular flexibility index (Phi) is 20.1. The molecule has 1 unspecified atom stereocenters. The molecular weight excluding hydrogens is 951 g/mol. The zero-order valence-electron chi connectivity index (χ0n) is 36.2. The molecular formula is C46H52IN4NaO8S2. The van der Waals surface area contributed by atoms with E-state index in [2.05, 4.69) is 56.3 Å². The number of halogens is 1. The fourth-order valence-corrected chi connectivity index (χ4v) is 9.25. The number of fused-ring (bicyclic) bond motifs is 2. The van der Waals surface area contributed by atoms with E-state index in [0.717, 1.165) is 43.2 Å². The summed E-state index contributed by atoms with van der Waals surface area (Å²) in [6.07, 6.45) is 5.31. The third kappa shape index (κ3) is 16.4. The number of alkyl carbamates (subject to hydrolysis) is 2. The number of sulfone groups is 1. The second kappa shape index (κ2) is 23.8. The zero-order chi connectivity index (χ0) is 45.0. The van der Waals surface area contributed by atoms with E-state index in [0.29, 0.717) is 30.3 Å². The average molecular weight is 1000 g/mol. The van der Waals surface area contributed by atoms with Crippen LogP contribution in [0.5, 0.6) is 0 Å². The second-order valence-electron chi connectivity index (χ2n) is 16.6. The van der Waals surface area contributed by atoms with Crippen LogP contribution >= 0.6 is 22.6 Å². The fourth-order valence-electron chi connectivity index (χ4n) is 6.93. The molecule has 2 amide bonds. The fraction of sp³-hybridized carbons (Fsp3) is 0.391. The third-order valence-corrected chi connectivity index (χ3v) is 12.7. The molecule has 6 rings (SSSR count). The van der Waals surface area contributed by atoms with Crippen molar-refractivity contribution in [1.82, 2.24) is 10.6 Å². The van der Waals surface area contributed by atoms with Gasteiger partial charge in [-0.05, 0) is 191 Å². The van der Waals surface area contributed by atoms with E-state index in [-0.39, 0.29) is 56.3 Å². The van der Waals surface area contributed by atoms with E-state index in [1.807, 2.05) is 53.7 Å². The van der Waals surface area contributed by atoms with E-state index in [1.54, 1.807) is 36.4 Å². The Labute approximate surface area is 404 Å². The van der Waals surface area contributed by atoms with E-state index in [4.69, 9.17) is 21.3 Å². The molecule has 0 aromatic heterocycles. The first-order chi connectivity index (χ1) is 28.7. The number of hydrogen-bond donors (Lipinski definition) is 2. The van der Waals surface area contributed by atoms with Gasteiger partial charge in [0, 0.05) is 33.4 Å². The molecule has 0 saturated carbocycles. The van der Waals surface area contributed by atoms with Gasteiger partial charge in [-0.15, -0.1) is 0 Å². The predicted octanol–water partition coefficient (Wildman–Crippen LogP) is 7.05. The standard InChI is InChI=1S/C23H26N2O4S.C16H22INO2.C7H5NO2S.Na/c1-23(2,3)29-22(26)25-15-18-8-5-7-17-13-20(10-11-21(17)18)30(27,28)19-9-4-6-16(12-19)14-24;1-16(2,3)20-15(19)18-10-12-6-4-5-11-9-13(17)7-8-14(11)12;1-8-6-3-2-4-7(5-6)11(9)10;/h4,6,9-13,18H,5,7-8,15H2,1-3H3,(H,25,26);7-9,12H,4-6,10H2,1-3H3,(H,18,19);2-5H,(H,9,10);/q;;;+1/p-1/t18-;12-;;/m00../s1. The minimum Gasteiger partial charge on any atom is -0.768 e. The Balaban J connectivity index is 0.000000275. The maximum Gasteiger partial charge on any atom is 1.00 e. The quantitative estimate of drug-likeness (QED) is 0.0850. The molecule has 0 bridgehead atoms. The monoisotopic (exact) mass is 1000 g/mol. The Morgan fingerprint density at radius 3 is 1.85 bits per heavy atom.